The van der Waals surface area contributed by atoms with Crippen LogP contribution in [-0.4, -0.2) is 20.4 Å². The minimum atomic E-state index is -0.242. The van der Waals surface area contributed by atoms with Crippen LogP contribution in [0.2, 0.25) is 0 Å². The van der Waals surface area contributed by atoms with Crippen LogP contribution in [0.1, 0.15) is 40.3 Å². The molecule has 0 saturated carbocycles. The highest BCUT2D eigenvalue weighted by Crippen LogP contribution is 2.33. The molecule has 0 unspecified atom stereocenters. The Bertz CT molecular complexity index is 1600. The van der Waals surface area contributed by atoms with E-state index in [0.717, 1.165) is 52.5 Å². The zero-order valence-corrected chi connectivity index (χ0v) is 19.1. The first-order valence-corrected chi connectivity index (χ1v) is 12.4. The Morgan fingerprint density at radius 3 is 2.84 bits per heavy atom. The molecule has 0 radical (unpaired) electrons. The van der Waals surface area contributed by atoms with Gasteiger partial charge in [-0.05, 0) is 36.8 Å². The predicted molar refractivity (Wildman–Crippen MR) is 131 cm³/mol. The number of aryl methyl sites for hydroxylation is 2. The normalized spacial score (nSPS) is 14.0. The molecule has 160 valence electrons. The third kappa shape index (κ3) is 3.05. The molecule has 1 aliphatic heterocycles. The Labute approximate surface area is 191 Å². The highest BCUT2D eigenvalue weighted by Gasteiger charge is 2.23. The van der Waals surface area contributed by atoms with Gasteiger partial charge in [0.1, 0.15) is 10.7 Å². The van der Waals surface area contributed by atoms with Crippen molar-refractivity contribution in [1.82, 2.24) is 14.5 Å². The van der Waals surface area contributed by atoms with Gasteiger partial charge in [-0.3, -0.25) is 19.5 Å². The zero-order valence-electron chi connectivity index (χ0n) is 17.5. The van der Waals surface area contributed by atoms with Crippen molar-refractivity contribution >= 4 is 64.9 Å². The molecule has 0 spiro atoms. The Morgan fingerprint density at radius 2 is 1.94 bits per heavy atom. The fourth-order valence-corrected chi connectivity index (χ4v) is 6.46. The molecule has 1 aliphatic rings. The van der Waals surface area contributed by atoms with Gasteiger partial charge in [-0.2, -0.15) is 0 Å². The second-order valence-corrected chi connectivity index (χ2v) is 10.2. The molecule has 6 nitrogen and oxygen atoms in total. The molecule has 0 fully saturated rings. The van der Waals surface area contributed by atoms with Gasteiger partial charge in [-0.15, -0.1) is 11.3 Å². The Morgan fingerprint density at radius 1 is 1.06 bits per heavy atom. The van der Waals surface area contributed by atoms with E-state index in [-0.39, 0.29) is 11.5 Å². The Hall–Kier alpha value is -3.10. The van der Waals surface area contributed by atoms with Crippen LogP contribution < -0.4 is 10.9 Å². The number of rotatable bonds is 2. The predicted octanol–water partition coefficient (Wildman–Crippen LogP) is 5.51. The molecule has 3 aromatic heterocycles. The first-order valence-electron chi connectivity index (χ1n) is 10.7. The summed E-state index contributed by atoms with van der Waals surface area (Å²) in [4.78, 5) is 37.0. The van der Waals surface area contributed by atoms with Gasteiger partial charge in [0.05, 0.1) is 20.5 Å². The molecule has 0 saturated heterocycles. The number of benzene rings is 2. The largest absolute Gasteiger partial charge is 0.297 e. The van der Waals surface area contributed by atoms with E-state index < -0.39 is 0 Å². The summed E-state index contributed by atoms with van der Waals surface area (Å²) >= 11 is 2.75. The van der Waals surface area contributed by atoms with E-state index in [2.05, 4.69) is 17.4 Å². The molecule has 1 amide bonds. The third-order valence-corrected chi connectivity index (χ3v) is 8.24. The van der Waals surface area contributed by atoms with E-state index in [1.54, 1.807) is 4.57 Å². The zero-order chi connectivity index (χ0) is 21.8. The number of fused-ring (bicyclic) bond motifs is 5. The number of carbonyl (C=O) groups excluding carboxylic acids is 1. The van der Waals surface area contributed by atoms with Crippen LogP contribution in [-0.2, 0) is 13.0 Å². The van der Waals surface area contributed by atoms with Crippen LogP contribution >= 0.6 is 22.7 Å². The van der Waals surface area contributed by atoms with E-state index >= 15 is 0 Å². The number of aromatic nitrogens is 3. The quantitative estimate of drug-likeness (QED) is 0.377. The van der Waals surface area contributed by atoms with Crippen LogP contribution in [0, 0.1) is 6.92 Å². The van der Waals surface area contributed by atoms with Crippen molar-refractivity contribution in [2.45, 2.75) is 39.2 Å². The van der Waals surface area contributed by atoms with Crippen LogP contribution in [0.3, 0.4) is 0 Å². The van der Waals surface area contributed by atoms with Crippen LogP contribution in [0.25, 0.3) is 31.2 Å². The lowest BCUT2D eigenvalue weighted by molar-refractivity contribution is 0.103. The Balaban J connectivity index is 1.40. The van der Waals surface area contributed by atoms with Gasteiger partial charge in [-0.25, -0.2) is 9.97 Å². The van der Waals surface area contributed by atoms with Gasteiger partial charge >= 0.3 is 0 Å². The number of nitrogens with zero attached hydrogens (tertiary/aromatic N) is 3. The highest BCUT2D eigenvalue weighted by atomic mass is 32.1. The summed E-state index contributed by atoms with van der Waals surface area (Å²) in [5, 5.41) is 6.27. The summed E-state index contributed by atoms with van der Waals surface area (Å²) in [6.45, 7) is 2.54. The van der Waals surface area contributed by atoms with E-state index in [1.165, 1.54) is 22.7 Å². The van der Waals surface area contributed by atoms with Crippen molar-refractivity contribution in [3.05, 3.63) is 63.0 Å². The monoisotopic (exact) mass is 460 g/mol. The van der Waals surface area contributed by atoms with E-state index in [4.69, 9.17) is 9.97 Å². The molecule has 8 heteroatoms. The maximum absolute atomic E-state index is 13.2. The number of anilines is 1. The van der Waals surface area contributed by atoms with Gasteiger partial charge in [-0.1, -0.05) is 48.1 Å². The second-order valence-electron chi connectivity index (χ2n) is 8.14. The molecule has 0 bridgehead atoms. The van der Waals surface area contributed by atoms with Crippen molar-refractivity contribution in [2.24, 2.45) is 0 Å². The van der Waals surface area contributed by atoms with Crippen molar-refractivity contribution in [2.75, 3.05) is 5.32 Å². The summed E-state index contributed by atoms with van der Waals surface area (Å²) in [5.41, 5.74) is 1.57. The molecule has 32 heavy (non-hydrogen) atoms. The van der Waals surface area contributed by atoms with Crippen LogP contribution in [0.15, 0.2) is 41.2 Å². The maximum atomic E-state index is 13.2. The maximum Gasteiger partial charge on any atom is 0.267 e. The lowest BCUT2D eigenvalue weighted by atomic mass is 10.1. The van der Waals surface area contributed by atoms with E-state index in [9.17, 15) is 9.59 Å². The number of amides is 1. The van der Waals surface area contributed by atoms with Gasteiger partial charge in [0.25, 0.3) is 11.5 Å². The van der Waals surface area contributed by atoms with Gasteiger partial charge < -0.3 is 0 Å². The molecule has 0 aliphatic carbocycles. The van der Waals surface area contributed by atoms with Crippen LogP contribution in [0.5, 0.6) is 0 Å². The highest BCUT2D eigenvalue weighted by molar-refractivity contribution is 7.23. The lowest BCUT2D eigenvalue weighted by Crippen LogP contribution is -2.24. The molecule has 6 rings (SSSR count). The van der Waals surface area contributed by atoms with Gasteiger partial charge in [0, 0.05) is 18.4 Å². The summed E-state index contributed by atoms with van der Waals surface area (Å²) in [6, 6.07) is 12.2. The van der Waals surface area contributed by atoms with Crippen LogP contribution in [0.4, 0.5) is 5.13 Å². The third-order valence-electron chi connectivity index (χ3n) is 6.12. The topological polar surface area (TPSA) is 76.9 Å². The van der Waals surface area contributed by atoms with Crippen molar-refractivity contribution in [3.63, 3.8) is 0 Å². The average molecular weight is 461 g/mol. The van der Waals surface area contributed by atoms with Gasteiger partial charge in [0.15, 0.2) is 5.13 Å². The van der Waals surface area contributed by atoms with Crippen molar-refractivity contribution < 1.29 is 4.79 Å². The minimum Gasteiger partial charge on any atom is -0.297 e. The minimum absolute atomic E-state index is 0.0221. The molecule has 0 atom stereocenters. The number of thiophene rings is 1. The Kier molecular flexibility index (Phi) is 4.58. The number of carbonyl (C=O) groups is 1. The molecular weight excluding hydrogens is 440 g/mol. The average Bonchev–Trinajstić information content (AvgIpc) is 3.26. The summed E-state index contributed by atoms with van der Waals surface area (Å²) in [5.74, 6) is 0.597. The second kappa shape index (κ2) is 7.50. The fraction of sp³-hybridized carbons (Fsp3) is 0.250. The number of nitrogens with one attached hydrogen (secondary N) is 1. The summed E-state index contributed by atoms with van der Waals surface area (Å²) in [7, 11) is 0. The SMILES string of the molecule is Cc1c(C(=O)Nc2nc3c(ccc4ccccc43)s2)sc2nc3n(c(=O)c12)CCCCC3. The standard InChI is InChI=1S/C24H20N4O2S2/c1-13-18-22(25-17-9-3-2-6-12-28(17)23(18)30)32-20(13)21(29)27-24-26-19-15-8-5-4-7-14(15)10-11-16(19)31-24/h4-5,7-8,10-11H,2-3,6,9,12H2,1H3,(H,26,27,29). The number of hydrogen-bond donors (Lipinski definition) is 1. The number of thiazole rings is 1. The van der Waals surface area contributed by atoms with Gasteiger partial charge in [0.2, 0.25) is 0 Å². The smallest absolute Gasteiger partial charge is 0.267 e. The molecular formula is C24H20N4O2S2. The first-order chi connectivity index (χ1) is 15.6. The fourth-order valence-electron chi connectivity index (χ4n) is 4.50. The summed E-state index contributed by atoms with van der Waals surface area (Å²) in [6.07, 6.45) is 3.95. The molecule has 1 N–H and O–H groups in total. The number of hydrogen-bond acceptors (Lipinski definition) is 6. The summed E-state index contributed by atoms with van der Waals surface area (Å²) < 4.78 is 2.82. The lowest BCUT2D eigenvalue weighted by Gasteiger charge is -2.08. The van der Waals surface area contributed by atoms with Crippen molar-refractivity contribution in [3.8, 4) is 0 Å². The van der Waals surface area contributed by atoms with Crippen molar-refractivity contribution in [1.29, 1.82) is 0 Å². The van der Waals surface area contributed by atoms with E-state index in [0.29, 0.717) is 32.3 Å². The first kappa shape index (κ1) is 19.6. The molecule has 2 aromatic carbocycles. The molecule has 4 heterocycles. The van der Waals surface area contributed by atoms with E-state index in [1.807, 2.05) is 31.2 Å². The molecule has 5 aromatic rings.